The van der Waals surface area contributed by atoms with E-state index in [2.05, 4.69) is 20.4 Å². The van der Waals surface area contributed by atoms with Gasteiger partial charge in [0.2, 0.25) is 0 Å². The number of aromatic nitrogens is 2. The maximum Gasteiger partial charge on any atom is 0.276 e. The van der Waals surface area contributed by atoms with Crippen molar-refractivity contribution in [3.63, 3.8) is 0 Å². The van der Waals surface area contributed by atoms with Crippen LogP contribution in [0.15, 0.2) is 36.4 Å². The number of aromatic amines is 1. The van der Waals surface area contributed by atoms with Gasteiger partial charge in [-0.05, 0) is 24.3 Å². The molecule has 10 heteroatoms. The first-order chi connectivity index (χ1) is 13.5. The Hall–Kier alpha value is -2.78. The number of thioether (sulfide) groups is 1. The number of anilines is 2. The van der Waals surface area contributed by atoms with Crippen molar-refractivity contribution in [1.29, 1.82) is 0 Å². The number of nitrogens with one attached hydrogen (secondary N) is 2. The third-order valence-corrected chi connectivity index (χ3v) is 5.77. The van der Waals surface area contributed by atoms with Crippen molar-refractivity contribution in [2.75, 3.05) is 34.8 Å². The van der Waals surface area contributed by atoms with E-state index in [-0.39, 0.29) is 11.4 Å². The summed E-state index contributed by atoms with van der Waals surface area (Å²) >= 11 is 8.34. The topological polar surface area (TPSA) is 104 Å². The molecule has 2 N–H and O–H groups in total. The van der Waals surface area contributed by atoms with Crippen LogP contribution in [0.1, 0.15) is 10.5 Å². The zero-order valence-corrected chi connectivity index (χ0v) is 16.2. The van der Waals surface area contributed by atoms with Gasteiger partial charge in [-0.2, -0.15) is 16.9 Å². The number of H-pyrrole nitrogens is 1. The molecule has 8 nitrogen and oxygen atoms in total. The minimum atomic E-state index is -0.508. The van der Waals surface area contributed by atoms with Crippen LogP contribution in [0.25, 0.3) is 10.9 Å². The molecule has 1 aliphatic heterocycles. The zero-order chi connectivity index (χ0) is 19.7. The van der Waals surface area contributed by atoms with Crippen LogP contribution in [0.2, 0.25) is 5.02 Å². The van der Waals surface area contributed by atoms with Crippen LogP contribution in [0.3, 0.4) is 0 Å². The number of carbonyl (C=O) groups is 1. The number of nitro benzene ring substituents is 1. The summed E-state index contributed by atoms with van der Waals surface area (Å²) in [6.45, 7) is 1.88. The summed E-state index contributed by atoms with van der Waals surface area (Å²) in [4.78, 5) is 25.4. The van der Waals surface area contributed by atoms with Crippen LogP contribution in [0.5, 0.6) is 0 Å². The standard InChI is InChI=1S/C18H16ClN5O3S/c19-14-9-11(1-4-16(14)23-5-7-28-8-6-23)20-18(25)17-13-10-12(24(26)27)2-3-15(13)21-22-17/h1-4,9-10H,5-8H2,(H,20,25)(H,21,22). The Morgan fingerprint density at radius 1 is 1.25 bits per heavy atom. The fourth-order valence-corrected chi connectivity index (χ4v) is 4.33. The molecule has 0 aliphatic carbocycles. The van der Waals surface area contributed by atoms with Crippen LogP contribution in [-0.4, -0.2) is 45.6 Å². The first kappa shape index (κ1) is 18.6. The Morgan fingerprint density at radius 3 is 2.75 bits per heavy atom. The summed E-state index contributed by atoms with van der Waals surface area (Å²) in [6, 6.07) is 9.60. The van der Waals surface area contributed by atoms with Gasteiger partial charge in [0, 0.05) is 47.8 Å². The van der Waals surface area contributed by atoms with Crippen molar-refractivity contribution in [2.24, 2.45) is 0 Å². The van der Waals surface area contributed by atoms with Crippen LogP contribution in [0.4, 0.5) is 17.1 Å². The van der Waals surface area contributed by atoms with Gasteiger partial charge in [-0.1, -0.05) is 11.6 Å². The van der Waals surface area contributed by atoms with Gasteiger partial charge in [-0.3, -0.25) is 20.0 Å². The second-order valence-corrected chi connectivity index (χ2v) is 7.91. The van der Waals surface area contributed by atoms with Crippen LogP contribution in [-0.2, 0) is 0 Å². The molecule has 0 saturated carbocycles. The molecule has 1 fully saturated rings. The van der Waals surface area contributed by atoms with Gasteiger partial charge >= 0.3 is 0 Å². The van der Waals surface area contributed by atoms with E-state index in [4.69, 9.17) is 11.6 Å². The van der Waals surface area contributed by atoms with E-state index in [0.717, 1.165) is 30.3 Å². The smallest absolute Gasteiger partial charge is 0.276 e. The van der Waals surface area contributed by atoms with E-state index in [0.29, 0.717) is 21.6 Å². The number of hydrogen-bond donors (Lipinski definition) is 2. The number of nitrogens with zero attached hydrogens (tertiary/aromatic N) is 3. The van der Waals surface area contributed by atoms with Crippen LogP contribution >= 0.6 is 23.4 Å². The van der Waals surface area contributed by atoms with Gasteiger partial charge in [0.05, 0.1) is 21.2 Å². The molecular formula is C18H16ClN5O3S. The van der Waals surface area contributed by atoms with Crippen molar-refractivity contribution in [3.8, 4) is 0 Å². The molecule has 0 atom stereocenters. The van der Waals surface area contributed by atoms with E-state index >= 15 is 0 Å². The monoisotopic (exact) mass is 417 g/mol. The first-order valence-electron chi connectivity index (χ1n) is 8.59. The highest BCUT2D eigenvalue weighted by Crippen LogP contribution is 2.31. The number of nitro groups is 1. The lowest BCUT2D eigenvalue weighted by atomic mass is 10.1. The number of rotatable bonds is 4. The molecule has 0 unspecified atom stereocenters. The number of amides is 1. The maximum absolute atomic E-state index is 12.6. The molecule has 1 amide bonds. The molecular weight excluding hydrogens is 402 g/mol. The highest BCUT2D eigenvalue weighted by molar-refractivity contribution is 7.99. The van der Waals surface area contributed by atoms with Gasteiger partial charge in [0.25, 0.3) is 11.6 Å². The van der Waals surface area contributed by atoms with Crippen molar-refractivity contribution < 1.29 is 9.72 Å². The average Bonchev–Trinajstić information content (AvgIpc) is 3.12. The second kappa shape index (κ2) is 7.69. The number of fused-ring (bicyclic) bond motifs is 1. The van der Waals surface area contributed by atoms with Gasteiger partial charge in [-0.25, -0.2) is 0 Å². The summed E-state index contributed by atoms with van der Waals surface area (Å²) < 4.78 is 0. The van der Waals surface area contributed by atoms with Gasteiger partial charge in [0.1, 0.15) is 0 Å². The van der Waals surface area contributed by atoms with E-state index in [1.807, 2.05) is 17.8 Å². The van der Waals surface area contributed by atoms with Gasteiger partial charge < -0.3 is 10.2 Å². The maximum atomic E-state index is 12.6. The van der Waals surface area contributed by atoms with Crippen molar-refractivity contribution in [1.82, 2.24) is 10.2 Å². The Balaban J connectivity index is 1.56. The largest absolute Gasteiger partial charge is 0.369 e. The summed E-state index contributed by atoms with van der Waals surface area (Å²) in [5.41, 5.74) is 2.02. The van der Waals surface area contributed by atoms with Crippen molar-refractivity contribution in [2.45, 2.75) is 0 Å². The summed E-state index contributed by atoms with van der Waals surface area (Å²) in [5.74, 6) is 1.66. The van der Waals surface area contributed by atoms with E-state index in [9.17, 15) is 14.9 Å². The Labute approximate surface area is 169 Å². The predicted octanol–water partition coefficient (Wildman–Crippen LogP) is 3.93. The number of halogens is 1. The molecule has 1 aromatic heterocycles. The zero-order valence-electron chi connectivity index (χ0n) is 14.6. The van der Waals surface area contributed by atoms with E-state index in [1.54, 1.807) is 12.1 Å². The van der Waals surface area contributed by atoms with Gasteiger partial charge in [-0.15, -0.1) is 0 Å². The average molecular weight is 418 g/mol. The van der Waals surface area contributed by atoms with E-state index in [1.165, 1.54) is 18.2 Å². The molecule has 0 bridgehead atoms. The molecule has 0 radical (unpaired) electrons. The Kier molecular flexibility index (Phi) is 5.10. The number of carbonyl (C=O) groups excluding carboxylic acids is 1. The summed E-state index contributed by atoms with van der Waals surface area (Å²) in [6.07, 6.45) is 0. The number of hydrogen-bond acceptors (Lipinski definition) is 6. The first-order valence-corrected chi connectivity index (χ1v) is 10.1. The molecule has 1 aliphatic rings. The van der Waals surface area contributed by atoms with Crippen LogP contribution < -0.4 is 10.2 Å². The third-order valence-electron chi connectivity index (χ3n) is 4.53. The lowest BCUT2D eigenvalue weighted by Crippen LogP contribution is -2.32. The summed E-state index contributed by atoms with van der Waals surface area (Å²) in [7, 11) is 0. The molecule has 0 spiro atoms. The lowest BCUT2D eigenvalue weighted by Gasteiger charge is -2.29. The molecule has 3 aromatic rings. The molecule has 2 aromatic carbocycles. The molecule has 4 rings (SSSR count). The van der Waals surface area contributed by atoms with Crippen LogP contribution in [0, 0.1) is 10.1 Å². The quantitative estimate of drug-likeness (QED) is 0.492. The molecule has 144 valence electrons. The second-order valence-electron chi connectivity index (χ2n) is 6.28. The lowest BCUT2D eigenvalue weighted by molar-refractivity contribution is -0.384. The van der Waals surface area contributed by atoms with Gasteiger partial charge in [0.15, 0.2) is 5.69 Å². The normalized spacial score (nSPS) is 14.2. The van der Waals surface area contributed by atoms with Crippen molar-refractivity contribution >= 4 is 57.2 Å². The Morgan fingerprint density at radius 2 is 2.04 bits per heavy atom. The molecule has 1 saturated heterocycles. The highest BCUT2D eigenvalue weighted by Gasteiger charge is 2.19. The molecule has 2 heterocycles. The number of non-ortho nitro benzene ring substituents is 1. The Bertz CT molecular complexity index is 1060. The summed E-state index contributed by atoms with van der Waals surface area (Å²) in [5, 5.41) is 21.4. The SMILES string of the molecule is O=C(Nc1ccc(N2CCSCC2)c(Cl)c1)c1n[nH]c2ccc([N+](=O)[O-])cc12. The van der Waals surface area contributed by atoms with Crippen molar-refractivity contribution in [3.05, 3.63) is 57.2 Å². The fraction of sp³-hybridized carbons (Fsp3) is 0.222. The fourth-order valence-electron chi connectivity index (χ4n) is 3.12. The highest BCUT2D eigenvalue weighted by atomic mass is 35.5. The van der Waals surface area contributed by atoms with E-state index < -0.39 is 10.8 Å². The number of benzene rings is 2. The minimum absolute atomic E-state index is 0.0898. The predicted molar refractivity (Wildman–Crippen MR) is 112 cm³/mol. The third kappa shape index (κ3) is 3.63. The molecule has 28 heavy (non-hydrogen) atoms. The minimum Gasteiger partial charge on any atom is -0.369 e.